The number of fused-ring (bicyclic) bond motifs is 2. The number of ketones is 2. The number of amides is 1. The second-order valence-electron chi connectivity index (χ2n) is 9.83. The van der Waals surface area contributed by atoms with Crippen molar-refractivity contribution in [1.29, 1.82) is 0 Å². The van der Waals surface area contributed by atoms with Crippen molar-refractivity contribution >= 4 is 17.7 Å². The molecule has 0 spiro atoms. The van der Waals surface area contributed by atoms with E-state index in [0.717, 1.165) is 25.7 Å². The van der Waals surface area contributed by atoms with Gasteiger partial charge in [0.25, 0.3) is 0 Å². The van der Waals surface area contributed by atoms with Crippen LogP contribution in [-0.2, 0) is 14.3 Å². The topological polar surface area (TPSA) is 87.7 Å². The highest BCUT2D eigenvalue weighted by atomic mass is 16.6. The van der Waals surface area contributed by atoms with Gasteiger partial charge in [0.15, 0.2) is 11.6 Å². The van der Waals surface area contributed by atoms with E-state index in [2.05, 4.69) is 10.6 Å². The number of nitrogens with one attached hydrogen (secondary N) is 2. The van der Waals surface area contributed by atoms with Gasteiger partial charge in [0.05, 0.1) is 17.6 Å². The van der Waals surface area contributed by atoms with Crippen molar-refractivity contribution in [3.05, 3.63) is 12.2 Å². The van der Waals surface area contributed by atoms with Crippen molar-refractivity contribution in [2.75, 3.05) is 26.2 Å². The maximum absolute atomic E-state index is 13.4. The Balaban J connectivity index is 2.25. The zero-order chi connectivity index (χ0) is 23.1. The van der Waals surface area contributed by atoms with Crippen molar-refractivity contribution in [3.63, 3.8) is 0 Å². The van der Waals surface area contributed by atoms with Crippen LogP contribution in [0.1, 0.15) is 73.1 Å². The van der Waals surface area contributed by atoms with Gasteiger partial charge in [-0.05, 0) is 46.5 Å². The molecule has 176 valence electrons. The van der Waals surface area contributed by atoms with Crippen LogP contribution in [0.2, 0.25) is 0 Å². The molecule has 1 fully saturated rings. The van der Waals surface area contributed by atoms with Gasteiger partial charge in [-0.15, -0.1) is 0 Å². The number of nitrogens with zero attached hydrogens (tertiary/aromatic N) is 1. The summed E-state index contributed by atoms with van der Waals surface area (Å²) in [6, 6.07) is 0.0839. The zero-order valence-corrected chi connectivity index (χ0v) is 20.0. The first kappa shape index (κ1) is 25.5. The maximum atomic E-state index is 13.4. The van der Waals surface area contributed by atoms with Crippen LogP contribution in [0, 0.1) is 5.92 Å². The minimum absolute atomic E-state index is 0.0107. The Labute approximate surface area is 187 Å². The predicted molar refractivity (Wildman–Crippen MR) is 122 cm³/mol. The molecule has 1 amide bonds. The fourth-order valence-corrected chi connectivity index (χ4v) is 4.64. The molecule has 1 saturated heterocycles. The second kappa shape index (κ2) is 11.2. The SMILES string of the molecule is CC(C)N[C@]12CCN(C1)C(=O)OC/C=C/CCCCC[C@@](C)(C(=O)C(C)C)NCC2=O. The van der Waals surface area contributed by atoms with Gasteiger partial charge < -0.3 is 15.0 Å². The molecular weight excluding hydrogens is 394 g/mol. The van der Waals surface area contributed by atoms with Crippen molar-refractivity contribution in [3.8, 4) is 0 Å². The van der Waals surface area contributed by atoms with Crippen LogP contribution in [0.25, 0.3) is 0 Å². The highest BCUT2D eigenvalue weighted by Gasteiger charge is 2.47. The van der Waals surface area contributed by atoms with Crippen LogP contribution in [0.3, 0.4) is 0 Å². The summed E-state index contributed by atoms with van der Waals surface area (Å²) >= 11 is 0. The monoisotopic (exact) mass is 435 g/mol. The number of Topliss-reactive ketones (excluding diaryl/α,β-unsaturated/α-hetero) is 2. The number of carbonyl (C=O) groups excluding carboxylic acids is 3. The normalized spacial score (nSPS) is 30.4. The van der Waals surface area contributed by atoms with Crippen molar-refractivity contribution in [2.45, 2.75) is 90.3 Å². The van der Waals surface area contributed by atoms with E-state index in [1.807, 2.05) is 46.8 Å². The van der Waals surface area contributed by atoms with E-state index in [1.165, 1.54) is 0 Å². The molecule has 2 bridgehead atoms. The molecule has 2 aliphatic rings. The lowest BCUT2D eigenvalue weighted by atomic mass is 9.83. The Morgan fingerprint density at radius 3 is 2.55 bits per heavy atom. The highest BCUT2D eigenvalue weighted by molar-refractivity contribution is 5.94. The van der Waals surface area contributed by atoms with Gasteiger partial charge in [-0.3, -0.25) is 14.9 Å². The molecule has 2 rings (SSSR count). The minimum atomic E-state index is -0.828. The lowest BCUT2D eigenvalue weighted by Gasteiger charge is -2.35. The quantitative estimate of drug-likeness (QED) is 0.659. The third-order valence-corrected chi connectivity index (χ3v) is 6.35. The Hall–Kier alpha value is -1.73. The lowest BCUT2D eigenvalue weighted by Crippen LogP contribution is -2.61. The van der Waals surface area contributed by atoms with Gasteiger partial charge in [0.1, 0.15) is 6.61 Å². The first-order valence-electron chi connectivity index (χ1n) is 11.8. The maximum Gasteiger partial charge on any atom is 0.410 e. The molecule has 0 saturated carbocycles. The first-order valence-corrected chi connectivity index (χ1v) is 11.8. The Morgan fingerprint density at radius 2 is 1.87 bits per heavy atom. The van der Waals surface area contributed by atoms with Crippen LogP contribution in [0.4, 0.5) is 4.79 Å². The average Bonchev–Trinajstić information content (AvgIpc) is 3.14. The molecule has 2 N–H and O–H groups in total. The summed E-state index contributed by atoms with van der Waals surface area (Å²) in [6.45, 7) is 10.8. The number of allylic oxidation sites excluding steroid dienone is 1. The van der Waals surface area contributed by atoms with E-state index in [4.69, 9.17) is 4.74 Å². The summed E-state index contributed by atoms with van der Waals surface area (Å²) < 4.78 is 5.37. The molecule has 0 radical (unpaired) electrons. The zero-order valence-electron chi connectivity index (χ0n) is 20.0. The molecule has 2 aliphatic heterocycles. The Morgan fingerprint density at radius 1 is 1.13 bits per heavy atom. The van der Waals surface area contributed by atoms with Crippen molar-refractivity contribution < 1.29 is 19.1 Å². The summed E-state index contributed by atoms with van der Waals surface area (Å²) in [5.74, 6) is 0.0215. The molecule has 0 unspecified atom stereocenters. The van der Waals surface area contributed by atoms with Gasteiger partial charge in [0, 0.05) is 25.0 Å². The number of rotatable bonds is 4. The second-order valence-corrected chi connectivity index (χ2v) is 9.83. The minimum Gasteiger partial charge on any atom is -0.445 e. The molecule has 7 nitrogen and oxygen atoms in total. The first-order chi connectivity index (χ1) is 14.6. The van der Waals surface area contributed by atoms with Gasteiger partial charge >= 0.3 is 6.09 Å². The molecule has 2 atom stereocenters. The Kier molecular flexibility index (Phi) is 9.25. The smallest absolute Gasteiger partial charge is 0.410 e. The van der Waals surface area contributed by atoms with Crippen molar-refractivity contribution in [1.82, 2.24) is 15.5 Å². The molecule has 2 heterocycles. The summed E-state index contributed by atoms with van der Waals surface area (Å²) in [7, 11) is 0. The van der Waals surface area contributed by atoms with E-state index in [-0.39, 0.29) is 49.3 Å². The number of cyclic esters (lactones) is 1. The average molecular weight is 436 g/mol. The summed E-state index contributed by atoms with van der Waals surface area (Å²) in [5.41, 5.74) is -1.56. The molecule has 31 heavy (non-hydrogen) atoms. The van der Waals surface area contributed by atoms with Crippen LogP contribution in [0.15, 0.2) is 12.2 Å². The predicted octanol–water partition coefficient (Wildman–Crippen LogP) is 3.23. The fraction of sp³-hybridized carbons (Fsp3) is 0.792. The van der Waals surface area contributed by atoms with E-state index in [9.17, 15) is 14.4 Å². The molecule has 0 aliphatic carbocycles. The largest absolute Gasteiger partial charge is 0.445 e. The number of hydrogen-bond donors (Lipinski definition) is 2. The summed E-state index contributed by atoms with van der Waals surface area (Å²) in [4.78, 5) is 40.5. The number of hydrogen-bond acceptors (Lipinski definition) is 6. The lowest BCUT2D eigenvalue weighted by molar-refractivity contribution is -0.129. The van der Waals surface area contributed by atoms with Crippen LogP contribution >= 0.6 is 0 Å². The van der Waals surface area contributed by atoms with Gasteiger partial charge in [0.2, 0.25) is 0 Å². The number of ether oxygens (including phenoxy) is 1. The van der Waals surface area contributed by atoms with Crippen LogP contribution in [-0.4, -0.2) is 65.9 Å². The highest BCUT2D eigenvalue weighted by Crippen LogP contribution is 2.26. The molecular formula is C24H41N3O4. The molecule has 0 aromatic carbocycles. The van der Waals surface area contributed by atoms with Crippen LogP contribution < -0.4 is 10.6 Å². The van der Waals surface area contributed by atoms with E-state index >= 15 is 0 Å². The van der Waals surface area contributed by atoms with E-state index < -0.39 is 11.1 Å². The fourth-order valence-electron chi connectivity index (χ4n) is 4.64. The standard InChI is InChI=1S/C24H41N3O4/c1-18(2)21(29)23(5)12-10-8-6-7-9-11-15-31-22(30)27-14-13-24(17-27,26-19(3)4)20(28)16-25-23/h9,11,18-19,25-26H,6-8,10,12-17H2,1-5H3/b11-9+/t23-,24+/m0/s1. The third kappa shape index (κ3) is 6.88. The number of carbonyl (C=O) groups is 3. The summed E-state index contributed by atoms with van der Waals surface area (Å²) in [6.07, 6.45) is 8.64. The molecule has 0 aromatic rings. The molecule has 7 heteroatoms. The van der Waals surface area contributed by atoms with Gasteiger partial charge in [-0.1, -0.05) is 38.8 Å². The van der Waals surface area contributed by atoms with Crippen LogP contribution in [0.5, 0.6) is 0 Å². The third-order valence-electron chi connectivity index (χ3n) is 6.35. The van der Waals surface area contributed by atoms with Crippen molar-refractivity contribution in [2.24, 2.45) is 5.92 Å². The van der Waals surface area contributed by atoms with Gasteiger partial charge in [-0.25, -0.2) is 4.79 Å². The molecule has 0 aromatic heterocycles. The Bertz CT molecular complexity index is 676. The summed E-state index contributed by atoms with van der Waals surface area (Å²) in [5, 5.41) is 6.74. The van der Waals surface area contributed by atoms with E-state index in [0.29, 0.717) is 19.4 Å². The van der Waals surface area contributed by atoms with E-state index in [1.54, 1.807) is 4.90 Å². The van der Waals surface area contributed by atoms with Gasteiger partial charge in [-0.2, -0.15) is 0 Å².